The van der Waals surface area contributed by atoms with Crippen molar-refractivity contribution in [3.8, 4) is 5.75 Å². The Labute approximate surface area is 132 Å². The summed E-state index contributed by atoms with van der Waals surface area (Å²) in [6, 6.07) is 5.95. The van der Waals surface area contributed by atoms with Crippen LogP contribution in [-0.2, 0) is 9.53 Å². The molecule has 2 rings (SSSR count). The van der Waals surface area contributed by atoms with Gasteiger partial charge in [0.25, 0.3) is 0 Å². The lowest BCUT2D eigenvalue weighted by Gasteiger charge is -2.16. The third-order valence-corrected chi connectivity index (χ3v) is 3.74. The molecule has 1 heterocycles. The molecule has 1 aliphatic heterocycles. The van der Waals surface area contributed by atoms with Gasteiger partial charge in [0.15, 0.2) is 0 Å². The Morgan fingerprint density at radius 3 is 2.67 bits per heavy atom. The number of carbonyl (C=O) groups is 1. The van der Waals surface area contributed by atoms with E-state index in [1.54, 1.807) is 0 Å². The van der Waals surface area contributed by atoms with E-state index in [0.717, 1.165) is 5.75 Å². The van der Waals surface area contributed by atoms with Crippen molar-refractivity contribution in [2.45, 2.75) is 45.3 Å². The molecular formula is C16H24ClNO3. The average molecular weight is 314 g/mol. The number of halogens is 1. The first-order valence-electron chi connectivity index (χ1n) is 7.09. The SMILES string of the molecule is COC(=O)C1CC(Oc2ccc(C(C)C)c(C)c2)CN1.Cl. The summed E-state index contributed by atoms with van der Waals surface area (Å²) in [7, 11) is 1.41. The number of esters is 1. The fourth-order valence-electron chi connectivity index (χ4n) is 2.68. The summed E-state index contributed by atoms with van der Waals surface area (Å²) in [4.78, 5) is 11.4. The second-order valence-corrected chi connectivity index (χ2v) is 5.63. The van der Waals surface area contributed by atoms with Crippen LogP contribution in [0.5, 0.6) is 5.75 Å². The molecule has 21 heavy (non-hydrogen) atoms. The van der Waals surface area contributed by atoms with Crippen LogP contribution in [0.3, 0.4) is 0 Å². The van der Waals surface area contributed by atoms with Gasteiger partial charge in [0.1, 0.15) is 17.9 Å². The van der Waals surface area contributed by atoms with Crippen molar-refractivity contribution in [1.29, 1.82) is 0 Å². The van der Waals surface area contributed by atoms with Crippen LogP contribution in [0.1, 0.15) is 37.3 Å². The molecule has 118 valence electrons. The van der Waals surface area contributed by atoms with Crippen LogP contribution >= 0.6 is 12.4 Å². The molecule has 5 heteroatoms. The molecule has 0 aliphatic carbocycles. The zero-order chi connectivity index (χ0) is 14.7. The second-order valence-electron chi connectivity index (χ2n) is 5.63. The van der Waals surface area contributed by atoms with Gasteiger partial charge in [-0.1, -0.05) is 19.9 Å². The third kappa shape index (κ3) is 4.35. The highest BCUT2D eigenvalue weighted by Gasteiger charge is 2.31. The van der Waals surface area contributed by atoms with E-state index in [2.05, 4.69) is 38.2 Å². The minimum atomic E-state index is -0.249. The van der Waals surface area contributed by atoms with Crippen LogP contribution < -0.4 is 10.1 Å². The summed E-state index contributed by atoms with van der Waals surface area (Å²) in [5.41, 5.74) is 2.59. The number of hydrogen-bond donors (Lipinski definition) is 1. The van der Waals surface area contributed by atoms with Gasteiger partial charge in [-0.3, -0.25) is 4.79 Å². The zero-order valence-corrected chi connectivity index (χ0v) is 13.8. The van der Waals surface area contributed by atoms with Gasteiger partial charge in [0.05, 0.1) is 7.11 Å². The predicted octanol–water partition coefficient (Wildman–Crippen LogP) is 2.82. The van der Waals surface area contributed by atoms with Crippen molar-refractivity contribution in [2.24, 2.45) is 0 Å². The first-order valence-corrected chi connectivity index (χ1v) is 7.09. The standard InChI is InChI=1S/C16H23NO3.ClH/c1-10(2)14-6-5-12(7-11(14)3)20-13-8-15(17-9-13)16(18)19-4;/h5-7,10,13,15,17H,8-9H2,1-4H3;1H. The van der Waals surface area contributed by atoms with E-state index in [1.807, 2.05) is 6.07 Å². The number of nitrogens with one attached hydrogen (secondary N) is 1. The summed E-state index contributed by atoms with van der Waals surface area (Å²) in [5.74, 6) is 1.16. The van der Waals surface area contributed by atoms with E-state index < -0.39 is 0 Å². The molecule has 1 saturated heterocycles. The minimum absolute atomic E-state index is 0. The number of hydrogen-bond acceptors (Lipinski definition) is 4. The maximum atomic E-state index is 11.4. The van der Waals surface area contributed by atoms with E-state index in [-0.39, 0.29) is 30.5 Å². The van der Waals surface area contributed by atoms with Crippen molar-refractivity contribution >= 4 is 18.4 Å². The van der Waals surface area contributed by atoms with Gasteiger partial charge in [-0.05, 0) is 36.1 Å². The van der Waals surface area contributed by atoms with Gasteiger partial charge in [-0.2, -0.15) is 0 Å². The van der Waals surface area contributed by atoms with E-state index in [9.17, 15) is 4.79 Å². The van der Waals surface area contributed by atoms with Gasteiger partial charge in [0.2, 0.25) is 0 Å². The smallest absolute Gasteiger partial charge is 0.323 e. The Kier molecular flexibility index (Phi) is 6.49. The minimum Gasteiger partial charge on any atom is -0.489 e. The molecule has 0 aromatic heterocycles. The average Bonchev–Trinajstić information content (AvgIpc) is 2.86. The topological polar surface area (TPSA) is 47.6 Å². The number of aryl methyl sites for hydroxylation is 1. The third-order valence-electron chi connectivity index (χ3n) is 3.74. The molecule has 0 amide bonds. The Balaban J connectivity index is 0.00000220. The molecule has 1 aliphatic rings. The van der Waals surface area contributed by atoms with E-state index in [4.69, 9.17) is 9.47 Å². The van der Waals surface area contributed by atoms with Gasteiger partial charge >= 0.3 is 5.97 Å². The van der Waals surface area contributed by atoms with E-state index in [1.165, 1.54) is 18.2 Å². The monoisotopic (exact) mass is 313 g/mol. The molecule has 0 spiro atoms. The zero-order valence-electron chi connectivity index (χ0n) is 13.0. The van der Waals surface area contributed by atoms with Crippen molar-refractivity contribution in [2.75, 3.05) is 13.7 Å². The quantitative estimate of drug-likeness (QED) is 0.868. The normalized spacial score (nSPS) is 21.0. The lowest BCUT2D eigenvalue weighted by Crippen LogP contribution is -2.31. The molecule has 1 aromatic carbocycles. The first kappa shape index (κ1) is 17.8. The molecule has 0 saturated carbocycles. The van der Waals surface area contributed by atoms with E-state index in [0.29, 0.717) is 18.9 Å². The van der Waals surface area contributed by atoms with Crippen molar-refractivity contribution in [1.82, 2.24) is 5.32 Å². The summed E-state index contributed by atoms with van der Waals surface area (Å²) in [6.07, 6.45) is 0.667. The number of benzene rings is 1. The maximum absolute atomic E-state index is 11.4. The van der Waals surface area contributed by atoms with E-state index >= 15 is 0 Å². The Hall–Kier alpha value is -1.26. The fourth-order valence-corrected chi connectivity index (χ4v) is 2.68. The highest BCUT2D eigenvalue weighted by Crippen LogP contribution is 2.25. The Morgan fingerprint density at radius 2 is 2.10 bits per heavy atom. The van der Waals surface area contributed by atoms with Gasteiger partial charge in [-0.25, -0.2) is 0 Å². The molecule has 2 unspecified atom stereocenters. The number of ether oxygens (including phenoxy) is 2. The summed E-state index contributed by atoms with van der Waals surface area (Å²) >= 11 is 0. The van der Waals surface area contributed by atoms with Crippen LogP contribution in [0.25, 0.3) is 0 Å². The van der Waals surface area contributed by atoms with Crippen molar-refractivity contribution in [3.63, 3.8) is 0 Å². The predicted molar refractivity (Wildman–Crippen MR) is 85.4 cm³/mol. The van der Waals surface area contributed by atoms with Crippen molar-refractivity contribution < 1.29 is 14.3 Å². The Bertz CT molecular complexity index is 490. The summed E-state index contributed by atoms with van der Waals surface area (Å²) in [5, 5.41) is 3.12. The number of carbonyl (C=O) groups excluding carboxylic acids is 1. The highest BCUT2D eigenvalue weighted by atomic mass is 35.5. The summed E-state index contributed by atoms with van der Waals surface area (Å²) in [6.45, 7) is 7.15. The largest absolute Gasteiger partial charge is 0.489 e. The number of methoxy groups -OCH3 is 1. The number of rotatable bonds is 4. The summed E-state index contributed by atoms with van der Waals surface area (Å²) < 4.78 is 10.7. The van der Waals surface area contributed by atoms with Crippen LogP contribution in [0.15, 0.2) is 18.2 Å². The molecular weight excluding hydrogens is 290 g/mol. The van der Waals surface area contributed by atoms with Gasteiger partial charge in [-0.15, -0.1) is 12.4 Å². The Morgan fingerprint density at radius 1 is 1.38 bits per heavy atom. The molecule has 1 N–H and O–H groups in total. The lowest BCUT2D eigenvalue weighted by molar-refractivity contribution is -0.142. The molecule has 4 nitrogen and oxygen atoms in total. The molecule has 1 fully saturated rings. The first-order chi connectivity index (χ1) is 9.51. The molecule has 2 atom stereocenters. The fraction of sp³-hybridized carbons (Fsp3) is 0.562. The second kappa shape index (κ2) is 7.66. The van der Waals surface area contributed by atoms with Crippen LogP contribution in [0, 0.1) is 6.92 Å². The highest BCUT2D eigenvalue weighted by molar-refractivity contribution is 5.85. The van der Waals surface area contributed by atoms with Crippen LogP contribution in [-0.4, -0.2) is 31.8 Å². The van der Waals surface area contributed by atoms with Crippen LogP contribution in [0.4, 0.5) is 0 Å². The van der Waals surface area contributed by atoms with Gasteiger partial charge in [0, 0.05) is 13.0 Å². The maximum Gasteiger partial charge on any atom is 0.323 e. The van der Waals surface area contributed by atoms with Crippen molar-refractivity contribution in [3.05, 3.63) is 29.3 Å². The lowest BCUT2D eigenvalue weighted by atomic mass is 9.98. The molecule has 1 aromatic rings. The molecule has 0 bridgehead atoms. The molecule has 0 radical (unpaired) electrons. The van der Waals surface area contributed by atoms with Gasteiger partial charge < -0.3 is 14.8 Å². The van der Waals surface area contributed by atoms with Crippen LogP contribution in [0.2, 0.25) is 0 Å².